The summed E-state index contributed by atoms with van der Waals surface area (Å²) in [6.07, 6.45) is 11.4. The fourth-order valence-electron chi connectivity index (χ4n) is 4.40. The molecule has 4 rings (SSSR count). The van der Waals surface area contributed by atoms with Gasteiger partial charge in [-0.3, -0.25) is 19.0 Å². The van der Waals surface area contributed by atoms with E-state index in [9.17, 15) is 9.59 Å². The van der Waals surface area contributed by atoms with Gasteiger partial charge < -0.3 is 5.32 Å². The van der Waals surface area contributed by atoms with Crippen molar-refractivity contribution in [3.63, 3.8) is 0 Å². The number of hydrogen-bond acceptors (Lipinski definition) is 4. The van der Waals surface area contributed by atoms with Gasteiger partial charge in [-0.2, -0.15) is 0 Å². The SMILES string of the molecule is CC(=O)Cc1cn2c(C(=O)NCC3(c4cccnc4)CCCCC3)cccc2n1. The second kappa shape index (κ2) is 8.15. The van der Waals surface area contributed by atoms with Gasteiger partial charge in [0.25, 0.3) is 5.91 Å². The molecule has 0 saturated heterocycles. The molecule has 3 heterocycles. The van der Waals surface area contributed by atoms with E-state index in [1.807, 2.05) is 24.4 Å². The Kier molecular flexibility index (Phi) is 5.43. The molecule has 1 fully saturated rings. The maximum Gasteiger partial charge on any atom is 0.268 e. The van der Waals surface area contributed by atoms with Crippen molar-refractivity contribution in [2.24, 2.45) is 0 Å². The van der Waals surface area contributed by atoms with Gasteiger partial charge in [-0.25, -0.2) is 4.98 Å². The normalized spacial score (nSPS) is 15.9. The number of rotatable bonds is 6. The Morgan fingerprint density at radius 2 is 1.97 bits per heavy atom. The number of hydrogen-bond donors (Lipinski definition) is 1. The second-order valence-corrected chi connectivity index (χ2v) is 8.02. The molecule has 0 unspecified atom stereocenters. The molecule has 29 heavy (non-hydrogen) atoms. The minimum absolute atomic E-state index is 0.0510. The average molecular weight is 390 g/mol. The lowest BCUT2D eigenvalue weighted by molar-refractivity contribution is -0.116. The fourth-order valence-corrected chi connectivity index (χ4v) is 4.40. The molecule has 1 aliphatic carbocycles. The Bertz CT molecular complexity index is 1020. The van der Waals surface area contributed by atoms with Crippen molar-refractivity contribution < 1.29 is 9.59 Å². The molecule has 0 radical (unpaired) electrons. The Hall–Kier alpha value is -3.02. The van der Waals surface area contributed by atoms with Crippen LogP contribution in [0.5, 0.6) is 0 Å². The number of Topliss-reactive ketones (excluding diaryl/α,β-unsaturated/α-hetero) is 1. The van der Waals surface area contributed by atoms with Gasteiger partial charge in [-0.1, -0.05) is 31.4 Å². The molecule has 0 bridgehead atoms. The highest BCUT2D eigenvalue weighted by atomic mass is 16.2. The molecule has 1 aliphatic rings. The zero-order valence-electron chi connectivity index (χ0n) is 16.7. The summed E-state index contributed by atoms with van der Waals surface area (Å²) in [4.78, 5) is 33.3. The van der Waals surface area contributed by atoms with E-state index < -0.39 is 0 Å². The number of pyridine rings is 2. The number of ketones is 1. The topological polar surface area (TPSA) is 76.4 Å². The van der Waals surface area contributed by atoms with Gasteiger partial charge in [-0.05, 0) is 43.5 Å². The molecule has 6 nitrogen and oxygen atoms in total. The molecule has 1 amide bonds. The first-order valence-corrected chi connectivity index (χ1v) is 10.2. The van der Waals surface area contributed by atoms with Crippen molar-refractivity contribution in [2.75, 3.05) is 6.54 Å². The van der Waals surface area contributed by atoms with Crippen LogP contribution in [-0.2, 0) is 16.6 Å². The van der Waals surface area contributed by atoms with Crippen molar-refractivity contribution >= 4 is 17.3 Å². The second-order valence-electron chi connectivity index (χ2n) is 8.02. The molecule has 3 aromatic rings. The van der Waals surface area contributed by atoms with Crippen LogP contribution in [0.4, 0.5) is 0 Å². The Labute approximate surface area is 170 Å². The van der Waals surface area contributed by atoms with Crippen LogP contribution in [0.2, 0.25) is 0 Å². The highest BCUT2D eigenvalue weighted by molar-refractivity contribution is 5.93. The van der Waals surface area contributed by atoms with Crippen LogP contribution >= 0.6 is 0 Å². The molecule has 1 saturated carbocycles. The van der Waals surface area contributed by atoms with E-state index in [4.69, 9.17) is 0 Å². The van der Waals surface area contributed by atoms with Crippen LogP contribution in [-0.4, -0.2) is 32.6 Å². The van der Waals surface area contributed by atoms with Crippen molar-refractivity contribution in [2.45, 2.75) is 50.9 Å². The third-order valence-electron chi connectivity index (χ3n) is 5.88. The maximum atomic E-state index is 13.1. The van der Waals surface area contributed by atoms with Gasteiger partial charge in [0.1, 0.15) is 17.1 Å². The minimum Gasteiger partial charge on any atom is -0.350 e. The number of nitrogens with one attached hydrogen (secondary N) is 1. The van der Waals surface area contributed by atoms with Crippen LogP contribution in [0, 0.1) is 0 Å². The van der Waals surface area contributed by atoms with Gasteiger partial charge in [0.15, 0.2) is 0 Å². The molecular formula is C23H26N4O2. The van der Waals surface area contributed by atoms with Crippen LogP contribution in [0.1, 0.15) is 60.8 Å². The van der Waals surface area contributed by atoms with Crippen molar-refractivity contribution in [1.82, 2.24) is 19.7 Å². The van der Waals surface area contributed by atoms with E-state index in [0.717, 1.165) is 25.7 Å². The number of fused-ring (bicyclic) bond motifs is 1. The number of nitrogens with zero attached hydrogens (tertiary/aromatic N) is 3. The number of carbonyl (C=O) groups excluding carboxylic acids is 2. The summed E-state index contributed by atoms with van der Waals surface area (Å²) in [5, 5.41) is 3.17. The quantitative estimate of drug-likeness (QED) is 0.699. The lowest BCUT2D eigenvalue weighted by Gasteiger charge is -2.37. The molecule has 0 atom stereocenters. The minimum atomic E-state index is -0.129. The summed E-state index contributed by atoms with van der Waals surface area (Å²) < 4.78 is 1.77. The Balaban J connectivity index is 1.57. The average Bonchev–Trinajstić information content (AvgIpc) is 3.15. The van der Waals surface area contributed by atoms with E-state index in [-0.39, 0.29) is 23.5 Å². The van der Waals surface area contributed by atoms with Gasteiger partial charge in [0.05, 0.1) is 5.69 Å². The number of carbonyl (C=O) groups is 2. The van der Waals surface area contributed by atoms with E-state index in [1.54, 1.807) is 29.8 Å². The largest absolute Gasteiger partial charge is 0.350 e. The van der Waals surface area contributed by atoms with Gasteiger partial charge in [0, 0.05) is 37.0 Å². The summed E-state index contributed by atoms with van der Waals surface area (Å²) in [7, 11) is 0. The van der Waals surface area contributed by atoms with Crippen LogP contribution in [0.25, 0.3) is 5.65 Å². The lowest BCUT2D eigenvalue weighted by atomic mass is 9.70. The molecule has 150 valence electrons. The standard InChI is InChI=1S/C23H26N4O2/c1-17(28)13-19-15-27-20(8-5-9-21(27)26-19)22(29)25-16-23(10-3-2-4-11-23)18-7-6-12-24-14-18/h5-9,12,14-15H,2-4,10-11,13,16H2,1H3,(H,25,29). The number of imidazole rings is 1. The van der Waals surface area contributed by atoms with Crippen LogP contribution in [0.3, 0.4) is 0 Å². The lowest BCUT2D eigenvalue weighted by Crippen LogP contribution is -2.42. The van der Waals surface area contributed by atoms with Crippen molar-refractivity contribution in [1.29, 1.82) is 0 Å². The summed E-state index contributed by atoms with van der Waals surface area (Å²) in [6.45, 7) is 2.13. The van der Waals surface area contributed by atoms with Gasteiger partial charge in [-0.15, -0.1) is 0 Å². The fraction of sp³-hybridized carbons (Fsp3) is 0.391. The molecule has 3 aromatic heterocycles. The molecule has 0 spiro atoms. The Morgan fingerprint density at radius 3 is 2.69 bits per heavy atom. The highest BCUT2D eigenvalue weighted by Crippen LogP contribution is 2.38. The van der Waals surface area contributed by atoms with E-state index in [0.29, 0.717) is 23.6 Å². The van der Waals surface area contributed by atoms with E-state index in [2.05, 4.69) is 21.4 Å². The first-order valence-electron chi connectivity index (χ1n) is 10.2. The van der Waals surface area contributed by atoms with E-state index >= 15 is 0 Å². The Morgan fingerprint density at radius 1 is 1.14 bits per heavy atom. The third kappa shape index (κ3) is 4.06. The van der Waals surface area contributed by atoms with Crippen LogP contribution < -0.4 is 5.32 Å². The summed E-state index contributed by atoms with van der Waals surface area (Å²) in [5.74, 6) is -0.0775. The zero-order valence-corrected chi connectivity index (χ0v) is 16.7. The summed E-state index contributed by atoms with van der Waals surface area (Å²) in [6, 6.07) is 9.55. The first-order chi connectivity index (χ1) is 14.1. The molecule has 6 heteroatoms. The van der Waals surface area contributed by atoms with Gasteiger partial charge in [0.2, 0.25) is 0 Å². The smallest absolute Gasteiger partial charge is 0.268 e. The summed E-state index contributed by atoms with van der Waals surface area (Å²) >= 11 is 0. The highest BCUT2D eigenvalue weighted by Gasteiger charge is 2.34. The molecular weight excluding hydrogens is 364 g/mol. The maximum absolute atomic E-state index is 13.1. The zero-order chi connectivity index (χ0) is 20.3. The molecule has 0 aromatic carbocycles. The van der Waals surface area contributed by atoms with E-state index in [1.165, 1.54) is 12.0 Å². The van der Waals surface area contributed by atoms with Crippen molar-refractivity contribution in [3.05, 3.63) is 65.9 Å². The van der Waals surface area contributed by atoms with Gasteiger partial charge >= 0.3 is 0 Å². The summed E-state index contributed by atoms with van der Waals surface area (Å²) in [5.41, 5.74) is 3.02. The molecule has 1 N–H and O–H groups in total. The molecule has 0 aliphatic heterocycles. The van der Waals surface area contributed by atoms with Crippen LogP contribution in [0.15, 0.2) is 48.9 Å². The first kappa shape index (κ1) is 19.3. The number of amides is 1. The number of aromatic nitrogens is 3. The third-order valence-corrected chi connectivity index (χ3v) is 5.88. The monoisotopic (exact) mass is 390 g/mol. The van der Waals surface area contributed by atoms with Crippen molar-refractivity contribution in [3.8, 4) is 0 Å². The predicted octanol–water partition coefficient (Wildman–Crippen LogP) is 3.49. The predicted molar refractivity (Wildman–Crippen MR) is 111 cm³/mol.